The number of rotatable bonds is 5. The number of carbonyl (C=O) groups excluding carboxylic acids is 1. The second-order valence-electron chi connectivity index (χ2n) is 5.47. The van der Waals surface area contributed by atoms with Crippen molar-refractivity contribution in [3.05, 3.63) is 54.1 Å². The molecule has 2 aromatic rings. The minimum Gasteiger partial charge on any atom is -0.493 e. The van der Waals surface area contributed by atoms with Crippen LogP contribution in [0.4, 0.5) is 5.69 Å². The first-order valence-corrected chi connectivity index (χ1v) is 7.28. The highest BCUT2D eigenvalue weighted by Crippen LogP contribution is 2.50. The molecule has 1 N–H and O–H groups in total. The number of hydrogen-bond acceptors (Lipinski definition) is 3. The van der Waals surface area contributed by atoms with Gasteiger partial charge >= 0.3 is 0 Å². The first-order chi connectivity index (χ1) is 10.7. The standard InChI is InChI=1S/C18H19NO3/c1-21-15-9-8-13(12-16(15)22-2)18(10-11-18)17(20)19-14-6-4-3-5-7-14/h3-9,12H,10-11H2,1-2H3,(H,19,20). The molecular weight excluding hydrogens is 278 g/mol. The van der Waals surface area contributed by atoms with Crippen molar-refractivity contribution >= 4 is 11.6 Å². The zero-order valence-electron chi connectivity index (χ0n) is 12.8. The molecule has 4 nitrogen and oxygen atoms in total. The minimum absolute atomic E-state index is 0.0333. The van der Waals surface area contributed by atoms with E-state index in [2.05, 4.69) is 5.32 Å². The molecule has 3 rings (SSSR count). The van der Waals surface area contributed by atoms with E-state index >= 15 is 0 Å². The molecule has 0 atom stereocenters. The Balaban J connectivity index is 1.85. The predicted octanol–water partition coefficient (Wildman–Crippen LogP) is 3.37. The van der Waals surface area contributed by atoms with E-state index in [4.69, 9.17) is 9.47 Å². The third kappa shape index (κ3) is 2.52. The van der Waals surface area contributed by atoms with Gasteiger partial charge < -0.3 is 14.8 Å². The maximum atomic E-state index is 12.7. The number of ether oxygens (including phenoxy) is 2. The summed E-state index contributed by atoms with van der Waals surface area (Å²) in [6.07, 6.45) is 1.70. The molecule has 114 valence electrons. The lowest BCUT2D eigenvalue weighted by Crippen LogP contribution is -2.27. The van der Waals surface area contributed by atoms with Crippen LogP contribution >= 0.6 is 0 Å². The van der Waals surface area contributed by atoms with Crippen LogP contribution in [0.1, 0.15) is 18.4 Å². The number of anilines is 1. The van der Waals surface area contributed by atoms with Crippen molar-refractivity contribution in [3.8, 4) is 11.5 Å². The van der Waals surface area contributed by atoms with Crippen molar-refractivity contribution in [1.29, 1.82) is 0 Å². The Morgan fingerprint density at radius 2 is 1.68 bits per heavy atom. The number of para-hydroxylation sites is 1. The Hall–Kier alpha value is -2.49. The monoisotopic (exact) mass is 297 g/mol. The summed E-state index contributed by atoms with van der Waals surface area (Å²) in [5.74, 6) is 1.36. The van der Waals surface area contributed by atoms with Gasteiger partial charge in [0.25, 0.3) is 0 Å². The van der Waals surface area contributed by atoms with Crippen molar-refractivity contribution in [2.45, 2.75) is 18.3 Å². The van der Waals surface area contributed by atoms with Crippen LogP contribution in [-0.4, -0.2) is 20.1 Å². The van der Waals surface area contributed by atoms with Crippen LogP contribution < -0.4 is 14.8 Å². The molecule has 0 unspecified atom stereocenters. The molecule has 1 aliphatic rings. The molecule has 1 fully saturated rings. The highest BCUT2D eigenvalue weighted by atomic mass is 16.5. The Bertz CT molecular complexity index is 678. The largest absolute Gasteiger partial charge is 0.493 e. The Morgan fingerprint density at radius 3 is 2.27 bits per heavy atom. The van der Waals surface area contributed by atoms with Crippen molar-refractivity contribution < 1.29 is 14.3 Å². The van der Waals surface area contributed by atoms with Gasteiger partial charge in [0.1, 0.15) is 0 Å². The van der Waals surface area contributed by atoms with Crippen LogP contribution in [0.15, 0.2) is 48.5 Å². The number of carbonyl (C=O) groups is 1. The number of hydrogen-bond donors (Lipinski definition) is 1. The minimum atomic E-state index is -0.449. The van der Waals surface area contributed by atoms with Gasteiger partial charge in [0.2, 0.25) is 5.91 Å². The fraction of sp³-hybridized carbons (Fsp3) is 0.278. The normalized spacial score (nSPS) is 15.0. The number of nitrogens with one attached hydrogen (secondary N) is 1. The Labute approximate surface area is 130 Å². The molecule has 1 saturated carbocycles. The van der Waals surface area contributed by atoms with E-state index in [1.165, 1.54) is 0 Å². The molecule has 0 aromatic heterocycles. The zero-order chi connectivity index (χ0) is 15.6. The molecule has 0 radical (unpaired) electrons. The van der Waals surface area contributed by atoms with Gasteiger partial charge in [-0.05, 0) is 42.7 Å². The zero-order valence-corrected chi connectivity index (χ0v) is 12.8. The van der Waals surface area contributed by atoms with E-state index in [-0.39, 0.29) is 5.91 Å². The van der Waals surface area contributed by atoms with Gasteiger partial charge in [-0.3, -0.25) is 4.79 Å². The topological polar surface area (TPSA) is 47.6 Å². The summed E-state index contributed by atoms with van der Waals surface area (Å²) in [6.45, 7) is 0. The quantitative estimate of drug-likeness (QED) is 0.920. The van der Waals surface area contributed by atoms with Crippen LogP contribution in [0.2, 0.25) is 0 Å². The Kier molecular flexibility index (Phi) is 3.75. The second-order valence-corrected chi connectivity index (χ2v) is 5.47. The molecule has 0 spiro atoms. The van der Waals surface area contributed by atoms with E-state index in [0.717, 1.165) is 24.1 Å². The summed E-state index contributed by atoms with van der Waals surface area (Å²) in [4.78, 5) is 12.7. The SMILES string of the molecule is COc1ccc(C2(C(=O)Nc3ccccc3)CC2)cc1OC. The first kappa shape index (κ1) is 14.4. The van der Waals surface area contributed by atoms with Crippen LogP contribution in [0.3, 0.4) is 0 Å². The molecule has 0 heterocycles. The van der Waals surface area contributed by atoms with Crippen LogP contribution in [0.25, 0.3) is 0 Å². The summed E-state index contributed by atoms with van der Waals surface area (Å²) in [5, 5.41) is 3.00. The summed E-state index contributed by atoms with van der Waals surface area (Å²) < 4.78 is 10.6. The summed E-state index contributed by atoms with van der Waals surface area (Å²) in [5.41, 5.74) is 1.34. The lowest BCUT2D eigenvalue weighted by molar-refractivity contribution is -0.118. The molecule has 2 aromatic carbocycles. The molecule has 0 aliphatic heterocycles. The number of amides is 1. The van der Waals surface area contributed by atoms with Gasteiger partial charge in [-0.15, -0.1) is 0 Å². The molecule has 0 saturated heterocycles. The van der Waals surface area contributed by atoms with Crippen LogP contribution in [-0.2, 0) is 10.2 Å². The lowest BCUT2D eigenvalue weighted by Gasteiger charge is -2.17. The third-order valence-electron chi connectivity index (χ3n) is 4.15. The van der Waals surface area contributed by atoms with E-state index < -0.39 is 5.41 Å². The van der Waals surface area contributed by atoms with Gasteiger partial charge in [0.05, 0.1) is 19.6 Å². The predicted molar refractivity (Wildman–Crippen MR) is 85.5 cm³/mol. The number of benzene rings is 2. The molecule has 1 aliphatic carbocycles. The maximum Gasteiger partial charge on any atom is 0.235 e. The van der Waals surface area contributed by atoms with E-state index in [9.17, 15) is 4.79 Å². The third-order valence-corrected chi connectivity index (χ3v) is 4.15. The molecule has 22 heavy (non-hydrogen) atoms. The highest BCUT2D eigenvalue weighted by Gasteiger charge is 2.51. The smallest absolute Gasteiger partial charge is 0.235 e. The van der Waals surface area contributed by atoms with Crippen molar-refractivity contribution in [2.75, 3.05) is 19.5 Å². The van der Waals surface area contributed by atoms with Gasteiger partial charge in [-0.2, -0.15) is 0 Å². The molecular formula is C18H19NO3. The molecule has 0 bridgehead atoms. The van der Waals surface area contributed by atoms with E-state index in [0.29, 0.717) is 11.5 Å². The van der Waals surface area contributed by atoms with Gasteiger partial charge in [-0.25, -0.2) is 0 Å². The lowest BCUT2D eigenvalue weighted by atomic mass is 9.94. The first-order valence-electron chi connectivity index (χ1n) is 7.28. The van der Waals surface area contributed by atoms with Crippen LogP contribution in [0.5, 0.6) is 11.5 Å². The van der Waals surface area contributed by atoms with Crippen molar-refractivity contribution in [3.63, 3.8) is 0 Å². The fourth-order valence-corrected chi connectivity index (χ4v) is 2.68. The summed E-state index contributed by atoms with van der Waals surface area (Å²) >= 11 is 0. The maximum absolute atomic E-state index is 12.7. The molecule has 4 heteroatoms. The summed E-state index contributed by atoms with van der Waals surface area (Å²) in [6, 6.07) is 15.2. The van der Waals surface area contributed by atoms with Gasteiger partial charge in [0.15, 0.2) is 11.5 Å². The molecule has 1 amide bonds. The van der Waals surface area contributed by atoms with Gasteiger partial charge in [0, 0.05) is 5.69 Å². The average Bonchev–Trinajstić information content (AvgIpc) is 3.37. The highest BCUT2D eigenvalue weighted by molar-refractivity contribution is 6.01. The number of methoxy groups -OCH3 is 2. The van der Waals surface area contributed by atoms with Crippen LogP contribution in [0, 0.1) is 0 Å². The van der Waals surface area contributed by atoms with Crippen molar-refractivity contribution in [2.24, 2.45) is 0 Å². The van der Waals surface area contributed by atoms with E-state index in [1.807, 2.05) is 48.5 Å². The van der Waals surface area contributed by atoms with E-state index in [1.54, 1.807) is 14.2 Å². The fourth-order valence-electron chi connectivity index (χ4n) is 2.68. The second kappa shape index (κ2) is 5.72. The van der Waals surface area contributed by atoms with Crippen molar-refractivity contribution in [1.82, 2.24) is 0 Å². The summed E-state index contributed by atoms with van der Waals surface area (Å²) in [7, 11) is 3.21. The Morgan fingerprint density at radius 1 is 1.00 bits per heavy atom. The average molecular weight is 297 g/mol. The van der Waals surface area contributed by atoms with Gasteiger partial charge in [-0.1, -0.05) is 24.3 Å².